The van der Waals surface area contributed by atoms with Crippen LogP contribution in [-0.2, 0) is 20.9 Å². The number of rotatable bonds is 5. The van der Waals surface area contributed by atoms with Crippen molar-refractivity contribution >= 4 is 29.6 Å². The molecule has 0 saturated heterocycles. The summed E-state index contributed by atoms with van der Waals surface area (Å²) in [4.78, 5) is 26.8. The summed E-state index contributed by atoms with van der Waals surface area (Å²) in [6.07, 6.45) is 4.46. The number of methoxy groups -OCH3 is 1. The molecule has 0 aliphatic carbocycles. The second kappa shape index (κ2) is 8.10. The van der Waals surface area contributed by atoms with Crippen molar-refractivity contribution in [2.45, 2.75) is 6.61 Å². The topological polar surface area (TPSA) is 65.5 Å². The summed E-state index contributed by atoms with van der Waals surface area (Å²) in [6.45, 7) is 0.118. The van der Waals surface area contributed by atoms with Gasteiger partial charge in [-0.3, -0.25) is 0 Å². The first-order chi connectivity index (χ1) is 11.1. The summed E-state index contributed by atoms with van der Waals surface area (Å²) in [5.74, 6) is -0.883. The van der Waals surface area contributed by atoms with Crippen LogP contribution in [0, 0.1) is 0 Å². The molecule has 6 heteroatoms. The molecule has 0 radical (unpaired) electrons. The predicted octanol–water partition coefficient (Wildman–Crippen LogP) is 3.28. The van der Waals surface area contributed by atoms with E-state index in [0.29, 0.717) is 10.7 Å². The molecule has 0 saturated carbocycles. The zero-order valence-corrected chi connectivity index (χ0v) is 13.1. The number of benzene rings is 1. The van der Waals surface area contributed by atoms with Crippen LogP contribution < -0.4 is 0 Å². The van der Waals surface area contributed by atoms with Crippen molar-refractivity contribution in [3.8, 4) is 0 Å². The normalized spacial score (nSPS) is 10.5. The van der Waals surface area contributed by atoms with E-state index in [4.69, 9.17) is 16.3 Å². The third-order valence-corrected chi connectivity index (χ3v) is 3.12. The molecule has 0 aliphatic rings. The lowest BCUT2D eigenvalue weighted by atomic mass is 10.1. The molecule has 23 heavy (non-hydrogen) atoms. The number of aromatic nitrogens is 1. The fourth-order valence-corrected chi connectivity index (χ4v) is 1.94. The van der Waals surface area contributed by atoms with Crippen LogP contribution in [0.4, 0.5) is 0 Å². The summed E-state index contributed by atoms with van der Waals surface area (Å²) < 4.78 is 9.71. The van der Waals surface area contributed by atoms with Gasteiger partial charge in [0.25, 0.3) is 0 Å². The summed E-state index contributed by atoms with van der Waals surface area (Å²) in [7, 11) is 1.32. The van der Waals surface area contributed by atoms with Gasteiger partial charge >= 0.3 is 11.9 Å². The number of nitrogens with zero attached hydrogens (tertiary/aromatic N) is 1. The van der Waals surface area contributed by atoms with E-state index in [1.54, 1.807) is 48.7 Å². The monoisotopic (exact) mass is 331 g/mol. The molecule has 1 aromatic carbocycles. The third kappa shape index (κ3) is 5.23. The van der Waals surface area contributed by atoms with Gasteiger partial charge in [0.2, 0.25) is 0 Å². The highest BCUT2D eigenvalue weighted by Gasteiger charge is 2.04. The maximum absolute atomic E-state index is 11.7. The quantitative estimate of drug-likeness (QED) is 0.478. The Bertz CT molecular complexity index is 726. The van der Waals surface area contributed by atoms with E-state index in [0.717, 1.165) is 11.1 Å². The molecule has 118 valence electrons. The molecular formula is C17H14ClNO4. The number of carbonyl (C=O) groups excluding carboxylic acids is 2. The number of esters is 2. The molecule has 0 fully saturated rings. The maximum Gasteiger partial charge on any atom is 0.337 e. The Kier molecular flexibility index (Phi) is 5.88. The summed E-state index contributed by atoms with van der Waals surface area (Å²) in [5, 5.41) is 0.347. The molecule has 0 spiro atoms. The molecule has 2 aromatic rings. The van der Waals surface area contributed by atoms with Gasteiger partial charge in [-0.25, -0.2) is 14.6 Å². The Morgan fingerprint density at radius 3 is 2.61 bits per heavy atom. The van der Waals surface area contributed by atoms with Crippen molar-refractivity contribution in [3.63, 3.8) is 0 Å². The smallest absolute Gasteiger partial charge is 0.337 e. The first-order valence-corrected chi connectivity index (χ1v) is 7.10. The van der Waals surface area contributed by atoms with Gasteiger partial charge in [-0.1, -0.05) is 23.7 Å². The zero-order valence-electron chi connectivity index (χ0n) is 12.4. The first kappa shape index (κ1) is 16.7. The van der Waals surface area contributed by atoms with Crippen LogP contribution >= 0.6 is 11.6 Å². The van der Waals surface area contributed by atoms with E-state index in [1.807, 2.05) is 0 Å². The molecule has 0 N–H and O–H groups in total. The molecular weight excluding hydrogens is 318 g/mol. The number of pyridine rings is 1. The maximum atomic E-state index is 11.7. The number of ether oxygens (including phenoxy) is 2. The third-order valence-electron chi connectivity index (χ3n) is 2.92. The van der Waals surface area contributed by atoms with Crippen molar-refractivity contribution in [1.29, 1.82) is 0 Å². The average Bonchev–Trinajstić information content (AvgIpc) is 2.58. The minimum Gasteiger partial charge on any atom is -0.465 e. The highest BCUT2D eigenvalue weighted by molar-refractivity contribution is 6.29. The van der Waals surface area contributed by atoms with Gasteiger partial charge in [0.05, 0.1) is 12.7 Å². The SMILES string of the molecule is COC(=O)c1ccc(C=CC(=O)OCc2ccnc(Cl)c2)cc1. The average molecular weight is 332 g/mol. The molecule has 0 aliphatic heterocycles. The van der Waals surface area contributed by atoms with Crippen molar-refractivity contribution in [2.24, 2.45) is 0 Å². The van der Waals surface area contributed by atoms with E-state index in [9.17, 15) is 9.59 Å². The first-order valence-electron chi connectivity index (χ1n) is 6.72. The Morgan fingerprint density at radius 1 is 1.22 bits per heavy atom. The Hall–Kier alpha value is -2.66. The minimum absolute atomic E-state index is 0.118. The Labute approximate surface area is 138 Å². The van der Waals surface area contributed by atoms with Gasteiger partial charge in [0, 0.05) is 12.3 Å². The highest BCUT2D eigenvalue weighted by atomic mass is 35.5. The minimum atomic E-state index is -0.477. The molecule has 0 bridgehead atoms. The molecule has 1 heterocycles. The molecule has 0 atom stereocenters. The summed E-state index contributed by atoms with van der Waals surface area (Å²) in [5.41, 5.74) is 1.97. The van der Waals surface area contributed by atoms with E-state index < -0.39 is 11.9 Å². The number of hydrogen-bond donors (Lipinski definition) is 0. The van der Waals surface area contributed by atoms with Crippen molar-refractivity contribution in [1.82, 2.24) is 4.98 Å². The molecule has 1 aromatic heterocycles. The van der Waals surface area contributed by atoms with Gasteiger partial charge in [-0.05, 0) is 41.5 Å². The second-order valence-corrected chi connectivity index (χ2v) is 4.93. The van der Waals surface area contributed by atoms with Gasteiger partial charge in [-0.15, -0.1) is 0 Å². The van der Waals surface area contributed by atoms with Crippen molar-refractivity contribution in [3.05, 3.63) is 70.5 Å². The highest BCUT2D eigenvalue weighted by Crippen LogP contribution is 2.09. The summed E-state index contributed by atoms with van der Waals surface area (Å²) in [6, 6.07) is 10.0. The number of carbonyl (C=O) groups is 2. The van der Waals surface area contributed by atoms with E-state index in [-0.39, 0.29) is 6.61 Å². The van der Waals surface area contributed by atoms with Crippen LogP contribution in [0.15, 0.2) is 48.7 Å². The van der Waals surface area contributed by atoms with Gasteiger partial charge < -0.3 is 9.47 Å². The van der Waals surface area contributed by atoms with Crippen LogP contribution in [0.1, 0.15) is 21.5 Å². The van der Waals surface area contributed by atoms with Gasteiger partial charge in [0.15, 0.2) is 0 Å². The number of halogens is 1. The van der Waals surface area contributed by atoms with Crippen LogP contribution in [0.25, 0.3) is 6.08 Å². The van der Waals surface area contributed by atoms with E-state index in [2.05, 4.69) is 9.72 Å². The molecule has 0 amide bonds. The Morgan fingerprint density at radius 2 is 1.96 bits per heavy atom. The van der Waals surface area contributed by atoms with Crippen molar-refractivity contribution < 1.29 is 19.1 Å². The van der Waals surface area contributed by atoms with Crippen LogP contribution in [0.5, 0.6) is 0 Å². The van der Waals surface area contributed by atoms with E-state index >= 15 is 0 Å². The lowest BCUT2D eigenvalue weighted by Crippen LogP contribution is -2.01. The standard InChI is InChI=1S/C17H14ClNO4/c1-22-17(21)14-5-2-12(3-6-14)4-7-16(20)23-11-13-8-9-19-15(18)10-13/h2-10H,11H2,1H3. The van der Waals surface area contributed by atoms with Crippen LogP contribution in [0.3, 0.4) is 0 Å². The molecule has 0 unspecified atom stereocenters. The molecule has 2 rings (SSSR count). The Balaban J connectivity index is 1.89. The largest absolute Gasteiger partial charge is 0.465 e. The number of hydrogen-bond acceptors (Lipinski definition) is 5. The van der Waals surface area contributed by atoms with Crippen LogP contribution in [-0.4, -0.2) is 24.0 Å². The van der Waals surface area contributed by atoms with Crippen molar-refractivity contribution in [2.75, 3.05) is 7.11 Å². The predicted molar refractivity (Wildman–Crippen MR) is 85.9 cm³/mol. The fourth-order valence-electron chi connectivity index (χ4n) is 1.75. The zero-order chi connectivity index (χ0) is 16.7. The molecule has 5 nitrogen and oxygen atoms in total. The van der Waals surface area contributed by atoms with Crippen LogP contribution in [0.2, 0.25) is 5.15 Å². The second-order valence-electron chi connectivity index (χ2n) is 4.54. The lowest BCUT2D eigenvalue weighted by molar-refractivity contribution is -0.138. The summed E-state index contributed by atoms with van der Waals surface area (Å²) >= 11 is 5.75. The fraction of sp³-hybridized carbons (Fsp3) is 0.118. The van der Waals surface area contributed by atoms with E-state index in [1.165, 1.54) is 13.2 Å². The van der Waals surface area contributed by atoms with Gasteiger partial charge in [0.1, 0.15) is 11.8 Å². The van der Waals surface area contributed by atoms with Gasteiger partial charge in [-0.2, -0.15) is 0 Å². The lowest BCUT2D eigenvalue weighted by Gasteiger charge is -2.02.